The maximum atomic E-state index is 12.9. The average molecular weight is 418 g/mol. The number of carboxylic acid groups (broad SMARTS) is 1. The highest BCUT2D eigenvalue weighted by Gasteiger charge is 2.25. The molecule has 1 aliphatic rings. The van der Waals surface area contributed by atoms with Gasteiger partial charge in [0.1, 0.15) is 12.4 Å². The Morgan fingerprint density at radius 2 is 2.03 bits per heavy atom. The molecule has 1 unspecified atom stereocenters. The third-order valence-electron chi connectivity index (χ3n) is 4.97. The zero-order valence-corrected chi connectivity index (χ0v) is 17.0. The van der Waals surface area contributed by atoms with Crippen LogP contribution in [-0.4, -0.2) is 52.7 Å². The Kier molecular flexibility index (Phi) is 6.93. The molecule has 2 aromatic rings. The van der Waals surface area contributed by atoms with E-state index < -0.39 is 6.09 Å². The normalized spacial score (nSPS) is 16.3. The van der Waals surface area contributed by atoms with E-state index in [0.29, 0.717) is 22.0 Å². The third-order valence-corrected chi connectivity index (χ3v) is 5.19. The minimum absolute atomic E-state index is 0.0616. The zero-order chi connectivity index (χ0) is 20.8. The van der Waals surface area contributed by atoms with E-state index in [2.05, 4.69) is 11.9 Å². The van der Waals surface area contributed by atoms with Crippen LogP contribution in [0, 0.1) is 0 Å². The largest absolute Gasteiger partial charge is 0.492 e. The number of pyridine rings is 1. The summed E-state index contributed by atoms with van der Waals surface area (Å²) < 4.78 is 5.72. The van der Waals surface area contributed by atoms with Gasteiger partial charge in [0.2, 0.25) is 0 Å². The highest BCUT2D eigenvalue weighted by Crippen LogP contribution is 2.25. The van der Waals surface area contributed by atoms with E-state index in [0.717, 1.165) is 25.8 Å². The molecule has 1 aromatic heterocycles. The molecular formula is C21H24ClN3O4. The molecule has 154 valence electrons. The summed E-state index contributed by atoms with van der Waals surface area (Å²) in [5, 5.41) is 9.84. The summed E-state index contributed by atoms with van der Waals surface area (Å²) >= 11 is 6.19. The van der Waals surface area contributed by atoms with Crippen molar-refractivity contribution in [3.05, 3.63) is 53.3 Å². The molecule has 0 spiro atoms. The smallest absolute Gasteiger partial charge is 0.411 e. The van der Waals surface area contributed by atoms with E-state index in [1.54, 1.807) is 30.3 Å². The van der Waals surface area contributed by atoms with Crippen molar-refractivity contribution in [2.75, 3.05) is 24.6 Å². The Hall–Kier alpha value is -2.80. The van der Waals surface area contributed by atoms with Gasteiger partial charge >= 0.3 is 6.09 Å². The molecule has 7 nitrogen and oxygen atoms in total. The monoisotopic (exact) mass is 417 g/mol. The van der Waals surface area contributed by atoms with Gasteiger partial charge in [0.05, 0.1) is 12.2 Å². The predicted octanol–water partition coefficient (Wildman–Crippen LogP) is 4.31. The molecule has 0 radical (unpaired) electrons. The molecule has 0 aliphatic carbocycles. The molecule has 0 bridgehead atoms. The summed E-state index contributed by atoms with van der Waals surface area (Å²) in [5.74, 6) is 0.374. The van der Waals surface area contributed by atoms with Gasteiger partial charge < -0.3 is 14.7 Å². The van der Waals surface area contributed by atoms with Crippen LogP contribution in [-0.2, 0) is 0 Å². The molecule has 0 saturated carbocycles. The van der Waals surface area contributed by atoms with Crippen molar-refractivity contribution in [3.8, 4) is 5.75 Å². The number of likely N-dealkylation sites (tertiary alicyclic amines) is 1. The number of carbonyl (C=O) groups excluding carboxylic acids is 1. The average Bonchev–Trinajstić information content (AvgIpc) is 2.71. The van der Waals surface area contributed by atoms with Gasteiger partial charge in [-0.1, -0.05) is 11.6 Å². The van der Waals surface area contributed by atoms with Gasteiger partial charge in [-0.15, -0.1) is 0 Å². The van der Waals surface area contributed by atoms with Gasteiger partial charge in [-0.2, -0.15) is 0 Å². The molecule has 2 heterocycles. The number of halogens is 1. The van der Waals surface area contributed by atoms with Crippen molar-refractivity contribution in [1.29, 1.82) is 0 Å². The topological polar surface area (TPSA) is 83.0 Å². The van der Waals surface area contributed by atoms with Gasteiger partial charge in [-0.05, 0) is 56.5 Å². The van der Waals surface area contributed by atoms with E-state index in [4.69, 9.17) is 16.3 Å². The summed E-state index contributed by atoms with van der Waals surface area (Å²) in [6.07, 6.45) is 5.11. The van der Waals surface area contributed by atoms with Gasteiger partial charge in [0, 0.05) is 35.6 Å². The fourth-order valence-corrected chi connectivity index (χ4v) is 3.67. The number of nitrogens with zero attached hydrogens (tertiary/aromatic N) is 3. The first-order valence-electron chi connectivity index (χ1n) is 9.60. The predicted molar refractivity (Wildman–Crippen MR) is 111 cm³/mol. The van der Waals surface area contributed by atoms with E-state index in [1.165, 1.54) is 17.3 Å². The third kappa shape index (κ3) is 5.38. The van der Waals surface area contributed by atoms with Crippen LogP contribution in [0.25, 0.3) is 0 Å². The van der Waals surface area contributed by atoms with Crippen molar-refractivity contribution in [2.24, 2.45) is 0 Å². The second kappa shape index (κ2) is 9.60. The van der Waals surface area contributed by atoms with Crippen molar-refractivity contribution < 1.29 is 19.4 Å². The standard InChI is InChI=1S/C21H24ClN3O4/c1-15-4-2-3-9-24(15)20(26)16-12-17(22)14-19(13-16)29-11-10-25(21(27)28)18-5-7-23-8-6-18/h5-8,12-15H,2-4,9-11H2,1H3,(H,27,28). The van der Waals surface area contributed by atoms with Crippen LogP contribution in [0.2, 0.25) is 5.02 Å². The molecule has 29 heavy (non-hydrogen) atoms. The quantitative estimate of drug-likeness (QED) is 0.757. The first-order chi connectivity index (χ1) is 14.0. The molecule has 1 atom stereocenters. The molecule has 2 amide bonds. The summed E-state index contributed by atoms with van der Waals surface area (Å²) in [6.45, 7) is 3.03. The van der Waals surface area contributed by atoms with Crippen LogP contribution in [0.5, 0.6) is 5.75 Å². The van der Waals surface area contributed by atoms with Gasteiger partial charge in [-0.25, -0.2) is 4.79 Å². The molecular weight excluding hydrogens is 394 g/mol. The van der Waals surface area contributed by atoms with Crippen molar-refractivity contribution in [2.45, 2.75) is 32.2 Å². The highest BCUT2D eigenvalue weighted by atomic mass is 35.5. The lowest BCUT2D eigenvalue weighted by atomic mass is 10.0. The summed E-state index contributed by atoms with van der Waals surface area (Å²) in [4.78, 5) is 31.4. The van der Waals surface area contributed by atoms with E-state index in [9.17, 15) is 14.7 Å². The molecule has 1 N–H and O–H groups in total. The summed E-state index contributed by atoms with van der Waals surface area (Å²) in [5.41, 5.74) is 0.989. The number of rotatable bonds is 6. The van der Waals surface area contributed by atoms with Gasteiger partial charge in [0.15, 0.2) is 0 Å². The number of hydrogen-bond acceptors (Lipinski definition) is 4. The lowest BCUT2D eigenvalue weighted by Crippen LogP contribution is -2.42. The number of hydrogen-bond donors (Lipinski definition) is 1. The lowest BCUT2D eigenvalue weighted by Gasteiger charge is -2.33. The fraction of sp³-hybridized carbons (Fsp3) is 0.381. The van der Waals surface area contributed by atoms with E-state index >= 15 is 0 Å². The maximum absolute atomic E-state index is 12.9. The van der Waals surface area contributed by atoms with E-state index in [1.807, 2.05) is 4.90 Å². The van der Waals surface area contributed by atoms with E-state index in [-0.39, 0.29) is 25.1 Å². The zero-order valence-electron chi connectivity index (χ0n) is 16.3. The Morgan fingerprint density at radius 3 is 2.72 bits per heavy atom. The molecule has 1 saturated heterocycles. The van der Waals surface area contributed by atoms with Crippen LogP contribution in [0.4, 0.5) is 10.5 Å². The van der Waals surface area contributed by atoms with Crippen LogP contribution in [0.1, 0.15) is 36.5 Å². The Balaban J connectivity index is 1.67. The summed E-state index contributed by atoms with van der Waals surface area (Å²) in [6, 6.07) is 8.35. The van der Waals surface area contributed by atoms with Gasteiger partial charge in [-0.3, -0.25) is 14.7 Å². The Bertz CT molecular complexity index is 862. The molecule has 3 rings (SSSR count). The second-order valence-corrected chi connectivity index (χ2v) is 7.44. The van der Waals surface area contributed by atoms with Crippen LogP contribution in [0.15, 0.2) is 42.7 Å². The van der Waals surface area contributed by atoms with Crippen LogP contribution >= 0.6 is 11.6 Å². The second-order valence-electron chi connectivity index (χ2n) is 7.01. The minimum Gasteiger partial charge on any atom is -0.492 e. The molecule has 8 heteroatoms. The highest BCUT2D eigenvalue weighted by molar-refractivity contribution is 6.31. The molecule has 1 fully saturated rings. The Labute approximate surface area is 174 Å². The number of amides is 2. The first-order valence-corrected chi connectivity index (χ1v) is 9.98. The molecule has 1 aromatic carbocycles. The lowest BCUT2D eigenvalue weighted by molar-refractivity contribution is 0.0635. The number of piperidine rings is 1. The van der Waals surface area contributed by atoms with Gasteiger partial charge in [0.25, 0.3) is 5.91 Å². The minimum atomic E-state index is -1.08. The van der Waals surface area contributed by atoms with Crippen LogP contribution < -0.4 is 9.64 Å². The summed E-state index contributed by atoms with van der Waals surface area (Å²) in [7, 11) is 0. The van der Waals surface area contributed by atoms with Crippen molar-refractivity contribution >= 4 is 29.3 Å². The fourth-order valence-electron chi connectivity index (χ4n) is 3.45. The number of ether oxygens (including phenoxy) is 1. The molecule has 1 aliphatic heterocycles. The first kappa shape index (κ1) is 20.9. The number of benzene rings is 1. The number of aromatic nitrogens is 1. The maximum Gasteiger partial charge on any atom is 0.411 e. The van der Waals surface area contributed by atoms with Crippen LogP contribution in [0.3, 0.4) is 0 Å². The van der Waals surface area contributed by atoms with Crippen molar-refractivity contribution in [1.82, 2.24) is 9.88 Å². The number of anilines is 1. The van der Waals surface area contributed by atoms with Crippen molar-refractivity contribution in [3.63, 3.8) is 0 Å². The SMILES string of the molecule is CC1CCCCN1C(=O)c1cc(Cl)cc(OCCN(C(=O)O)c2ccncc2)c1. The Morgan fingerprint density at radius 1 is 1.28 bits per heavy atom. The number of carbonyl (C=O) groups is 2.